The Balaban J connectivity index is 4.55. The Kier molecular flexibility index (Phi) is 22.1. The summed E-state index contributed by atoms with van der Waals surface area (Å²) in [6.45, 7) is 6.24. The van der Waals surface area contributed by atoms with Crippen molar-refractivity contribution in [2.75, 3.05) is 0 Å². The number of carbonyl (C=O) groups is 1. The third kappa shape index (κ3) is 17.4. The molecule has 0 amide bonds. The van der Waals surface area contributed by atoms with Gasteiger partial charge in [-0.2, -0.15) is 0 Å². The first kappa shape index (κ1) is 33.9. The summed E-state index contributed by atoms with van der Waals surface area (Å²) in [4.78, 5) is 11.2. The quantitative estimate of drug-likeness (QED) is 0.0488. The number of carboxylic acids is 1. The molecule has 0 aliphatic heterocycles. The third-order valence-electron chi connectivity index (χ3n) is 6.39. The largest absolute Gasteiger partial charge is 0.477 e. The van der Waals surface area contributed by atoms with Crippen LogP contribution in [-0.4, -0.2) is 33.4 Å². The minimum absolute atomic E-state index is 0.325. The molecule has 204 valence electrons. The van der Waals surface area contributed by atoms with Gasteiger partial charge in [-0.15, -0.1) is 12.6 Å². The van der Waals surface area contributed by atoms with Crippen molar-refractivity contribution in [3.63, 3.8) is 0 Å². The molecule has 8 heteroatoms. The normalized spacial score (nSPS) is 16.5. The SMILES string of the molecule is CCCCCCCCCCCC(CCCCCCC)CC(S)OC(CC)OC(O)([PH2]=O)C(=O)O. The highest BCUT2D eigenvalue weighted by atomic mass is 32.1. The van der Waals surface area contributed by atoms with Crippen molar-refractivity contribution in [2.45, 2.75) is 154 Å². The molecule has 5 atom stereocenters. The molecule has 0 spiro atoms. The molecule has 0 saturated carbocycles. The zero-order valence-corrected chi connectivity index (χ0v) is 24.1. The number of aliphatic carboxylic acids is 1. The van der Waals surface area contributed by atoms with Crippen LogP contribution in [-0.2, 0) is 18.8 Å². The molecule has 0 heterocycles. The van der Waals surface area contributed by atoms with Crippen LogP contribution in [0.3, 0.4) is 0 Å². The third-order valence-corrected chi connectivity index (χ3v) is 7.42. The molecule has 0 aliphatic carbocycles. The molecule has 0 rings (SSSR count). The number of thiol groups is 1. The number of hydrogen-bond acceptors (Lipinski definition) is 6. The first-order valence-corrected chi connectivity index (χ1v) is 15.3. The Morgan fingerprint density at radius 1 is 0.853 bits per heavy atom. The van der Waals surface area contributed by atoms with E-state index in [1.54, 1.807) is 6.92 Å². The van der Waals surface area contributed by atoms with E-state index in [2.05, 4.69) is 26.5 Å². The van der Waals surface area contributed by atoms with Crippen molar-refractivity contribution in [1.82, 2.24) is 0 Å². The Morgan fingerprint density at radius 2 is 1.29 bits per heavy atom. The van der Waals surface area contributed by atoms with Gasteiger partial charge >= 0.3 is 11.5 Å². The minimum Gasteiger partial charge on any atom is -0.477 e. The van der Waals surface area contributed by atoms with E-state index in [0.717, 1.165) is 19.3 Å². The molecule has 0 aromatic carbocycles. The number of carboxylic acid groups (broad SMARTS) is 1. The van der Waals surface area contributed by atoms with E-state index in [9.17, 15) is 14.5 Å². The summed E-state index contributed by atoms with van der Waals surface area (Å²) in [5.41, 5.74) is -3.12. The van der Waals surface area contributed by atoms with Crippen LogP contribution in [0.2, 0.25) is 0 Å². The van der Waals surface area contributed by atoms with Crippen molar-refractivity contribution in [2.24, 2.45) is 5.92 Å². The molecule has 2 N–H and O–H groups in total. The lowest BCUT2D eigenvalue weighted by Crippen LogP contribution is -2.40. The second-order valence-corrected chi connectivity index (χ2v) is 11.2. The second-order valence-electron chi connectivity index (χ2n) is 9.59. The van der Waals surface area contributed by atoms with E-state index in [1.165, 1.54) is 89.9 Å². The summed E-state index contributed by atoms with van der Waals surface area (Å²) in [5, 5.41) is 19.0. The smallest absolute Gasteiger partial charge is 0.371 e. The number of ether oxygens (including phenoxy) is 2. The monoisotopic (exact) mass is 524 g/mol. The van der Waals surface area contributed by atoms with Gasteiger partial charge in [0.05, 0.1) is 0 Å². The molecule has 5 unspecified atom stereocenters. The Labute approximate surface area is 215 Å². The topological polar surface area (TPSA) is 93.1 Å². The lowest BCUT2D eigenvalue weighted by molar-refractivity contribution is -0.256. The highest BCUT2D eigenvalue weighted by Gasteiger charge is 2.39. The summed E-state index contributed by atoms with van der Waals surface area (Å²) in [6.07, 6.45) is 20.5. The fourth-order valence-corrected chi connectivity index (χ4v) is 4.95. The number of unbranched alkanes of at least 4 members (excludes halogenated alkanes) is 12. The molecule has 0 radical (unpaired) electrons. The molecule has 0 aliphatic rings. The zero-order valence-electron chi connectivity index (χ0n) is 22.0. The number of rotatable bonds is 25. The predicted octanol–water partition coefficient (Wildman–Crippen LogP) is 7.79. The highest BCUT2D eigenvalue weighted by Crippen LogP contribution is 2.29. The fraction of sp³-hybridized carbons (Fsp3) is 0.962. The van der Waals surface area contributed by atoms with Gasteiger partial charge in [0, 0.05) is 0 Å². The average Bonchev–Trinajstić information content (AvgIpc) is 2.81. The van der Waals surface area contributed by atoms with E-state index in [0.29, 0.717) is 12.3 Å². The van der Waals surface area contributed by atoms with Crippen LogP contribution in [0.5, 0.6) is 0 Å². The maximum absolute atomic E-state index is 11.2. The van der Waals surface area contributed by atoms with E-state index >= 15 is 0 Å². The summed E-state index contributed by atoms with van der Waals surface area (Å²) < 4.78 is 22.2. The molecule has 0 fully saturated rings. The molecule has 0 aromatic heterocycles. The van der Waals surface area contributed by atoms with Gasteiger partial charge in [-0.05, 0) is 18.8 Å². The molecule has 6 nitrogen and oxygen atoms in total. The lowest BCUT2D eigenvalue weighted by atomic mass is 9.91. The van der Waals surface area contributed by atoms with Gasteiger partial charge in [0.2, 0.25) is 0 Å². The Bertz CT molecular complexity index is 510. The van der Waals surface area contributed by atoms with Crippen LogP contribution in [0.1, 0.15) is 136 Å². The van der Waals surface area contributed by atoms with E-state index in [-0.39, 0.29) is 0 Å². The maximum atomic E-state index is 11.2. The van der Waals surface area contributed by atoms with Crippen LogP contribution in [0.15, 0.2) is 0 Å². The summed E-state index contributed by atoms with van der Waals surface area (Å²) in [6, 6.07) is 0. The van der Waals surface area contributed by atoms with Gasteiger partial charge in [-0.3, -0.25) is 0 Å². The van der Waals surface area contributed by atoms with Gasteiger partial charge in [-0.25, -0.2) is 4.79 Å². The Morgan fingerprint density at radius 3 is 1.68 bits per heavy atom. The Hall–Kier alpha value is -0.0700. The summed E-state index contributed by atoms with van der Waals surface area (Å²) in [7, 11) is -2.07. The summed E-state index contributed by atoms with van der Waals surface area (Å²) >= 11 is 4.59. The molecular formula is C26H53O6PS. The second kappa shape index (κ2) is 22.2. The molecule has 0 saturated heterocycles. The van der Waals surface area contributed by atoms with Crippen LogP contribution in [0.25, 0.3) is 0 Å². The predicted molar refractivity (Wildman–Crippen MR) is 145 cm³/mol. The van der Waals surface area contributed by atoms with Gasteiger partial charge in [-0.1, -0.05) is 124 Å². The van der Waals surface area contributed by atoms with Crippen molar-refractivity contribution in [3.8, 4) is 0 Å². The first-order valence-electron chi connectivity index (χ1n) is 13.8. The maximum Gasteiger partial charge on any atom is 0.371 e. The lowest BCUT2D eigenvalue weighted by Gasteiger charge is -2.28. The van der Waals surface area contributed by atoms with E-state index < -0.39 is 31.7 Å². The molecule has 34 heavy (non-hydrogen) atoms. The molecule has 0 bridgehead atoms. The van der Waals surface area contributed by atoms with Gasteiger partial charge in [0.1, 0.15) is 13.9 Å². The van der Waals surface area contributed by atoms with Crippen LogP contribution >= 0.6 is 21.1 Å². The van der Waals surface area contributed by atoms with E-state index in [1.807, 2.05) is 0 Å². The average molecular weight is 525 g/mol. The molecule has 0 aromatic rings. The van der Waals surface area contributed by atoms with Crippen LogP contribution < -0.4 is 0 Å². The van der Waals surface area contributed by atoms with E-state index in [4.69, 9.17) is 14.6 Å². The van der Waals surface area contributed by atoms with Crippen LogP contribution in [0, 0.1) is 5.92 Å². The standard InChI is InChI=1S/C26H53O6PS/c1-4-7-9-11-12-13-14-16-18-20-22(19-17-15-10-8-5-2)21-24(34)31-23(6-3)32-26(29,33-30)25(27)28/h22-24,29,34H,4-21,33H2,1-3H3,(H,27,28). The van der Waals surface area contributed by atoms with Crippen molar-refractivity contribution in [3.05, 3.63) is 0 Å². The van der Waals surface area contributed by atoms with Gasteiger partial charge in [0.25, 0.3) is 0 Å². The van der Waals surface area contributed by atoms with Crippen LogP contribution in [0.4, 0.5) is 0 Å². The zero-order chi connectivity index (χ0) is 25.7. The first-order chi connectivity index (χ1) is 16.3. The van der Waals surface area contributed by atoms with Crippen molar-refractivity contribution >= 4 is 27.1 Å². The number of aliphatic hydroxyl groups is 1. The van der Waals surface area contributed by atoms with Gasteiger partial charge in [0.15, 0.2) is 6.29 Å². The van der Waals surface area contributed by atoms with Crippen molar-refractivity contribution < 1.29 is 29.0 Å². The number of hydrogen-bond donors (Lipinski definition) is 3. The minimum atomic E-state index is -2.69. The fourth-order valence-electron chi connectivity index (χ4n) is 4.21. The van der Waals surface area contributed by atoms with Crippen molar-refractivity contribution in [1.29, 1.82) is 0 Å². The molecular weight excluding hydrogens is 471 g/mol. The highest BCUT2D eigenvalue weighted by molar-refractivity contribution is 7.80. The summed E-state index contributed by atoms with van der Waals surface area (Å²) in [5.74, 6) is -1.17. The van der Waals surface area contributed by atoms with Gasteiger partial charge < -0.3 is 24.3 Å².